The van der Waals surface area contributed by atoms with E-state index in [9.17, 15) is 9.36 Å². The largest absolute Gasteiger partial charge is 0.469 e. The Hall–Kier alpha value is -0.680. The first kappa shape index (κ1) is 14.3. The number of carbonyl (C=O) groups excluding carboxylic acids is 1. The predicted octanol–water partition coefficient (Wildman–Crippen LogP) is 0.994. The molecule has 15 heavy (non-hydrogen) atoms. The first-order valence-corrected chi connectivity index (χ1v) is 5.86. The minimum absolute atomic E-state index is 0.227. The lowest BCUT2D eigenvalue weighted by Gasteiger charge is -2.16. The molecule has 7 heteroatoms. The molecule has 0 aromatic heterocycles. The summed E-state index contributed by atoms with van der Waals surface area (Å²) in [4.78, 5) is 27.9. The molecule has 0 fully saturated rings. The van der Waals surface area contributed by atoms with Gasteiger partial charge in [0.1, 0.15) is 6.10 Å². The monoisotopic (exact) mass is 238 g/mol. The summed E-state index contributed by atoms with van der Waals surface area (Å²) in [5, 5.41) is 0. The molecule has 0 aliphatic heterocycles. The van der Waals surface area contributed by atoms with E-state index in [2.05, 4.69) is 11.1 Å². The molecule has 0 spiro atoms. The average molecular weight is 238 g/mol. The van der Waals surface area contributed by atoms with Crippen molar-refractivity contribution in [3.05, 3.63) is 12.2 Å². The number of hydrogen-bond acceptors (Lipinski definition) is 4. The minimum atomic E-state index is -4.51. The van der Waals surface area contributed by atoms with Crippen LogP contribution in [0, 0.1) is 0 Å². The number of rotatable bonds is 6. The summed E-state index contributed by atoms with van der Waals surface area (Å²) in [6, 6.07) is 0. The van der Waals surface area contributed by atoms with Crippen LogP contribution in [-0.2, 0) is 18.6 Å². The SMILES string of the molecule is C=C(C)C(=O)OC(CC)COP(=O)(O)O. The van der Waals surface area contributed by atoms with Crippen molar-refractivity contribution in [2.75, 3.05) is 6.61 Å². The standard InChI is InChI=1S/C8H15O6P/c1-4-7(5-13-15(10,11)12)14-8(9)6(2)3/h7H,2,4-5H2,1,3H3,(H2,10,11,12). The van der Waals surface area contributed by atoms with E-state index in [1.807, 2.05) is 0 Å². The Balaban J connectivity index is 4.10. The summed E-state index contributed by atoms with van der Waals surface area (Å²) < 4.78 is 19.5. The van der Waals surface area contributed by atoms with E-state index in [0.717, 1.165) is 0 Å². The van der Waals surface area contributed by atoms with Crippen molar-refractivity contribution in [2.24, 2.45) is 0 Å². The van der Waals surface area contributed by atoms with Crippen LogP contribution in [0.4, 0.5) is 0 Å². The number of ether oxygens (including phenoxy) is 1. The van der Waals surface area contributed by atoms with Crippen LogP contribution in [0.1, 0.15) is 20.3 Å². The molecule has 0 aliphatic rings. The topological polar surface area (TPSA) is 93.1 Å². The van der Waals surface area contributed by atoms with Gasteiger partial charge < -0.3 is 14.5 Å². The zero-order valence-electron chi connectivity index (χ0n) is 8.67. The molecule has 2 N–H and O–H groups in total. The van der Waals surface area contributed by atoms with Gasteiger partial charge in [-0.15, -0.1) is 0 Å². The summed E-state index contributed by atoms with van der Waals surface area (Å²) in [6.45, 7) is 6.24. The Morgan fingerprint density at radius 2 is 2.07 bits per heavy atom. The molecule has 88 valence electrons. The Morgan fingerprint density at radius 1 is 1.53 bits per heavy atom. The molecule has 0 aliphatic carbocycles. The van der Waals surface area contributed by atoms with Crippen LogP contribution in [0.3, 0.4) is 0 Å². The molecular weight excluding hydrogens is 223 g/mol. The van der Waals surface area contributed by atoms with Crippen LogP contribution in [0.25, 0.3) is 0 Å². The summed E-state index contributed by atoms with van der Waals surface area (Å²) >= 11 is 0. The maximum absolute atomic E-state index is 11.1. The van der Waals surface area contributed by atoms with Crippen molar-refractivity contribution in [1.82, 2.24) is 0 Å². The molecule has 0 heterocycles. The van der Waals surface area contributed by atoms with Crippen LogP contribution < -0.4 is 0 Å². The van der Waals surface area contributed by atoms with E-state index in [1.54, 1.807) is 6.92 Å². The molecule has 0 saturated heterocycles. The van der Waals surface area contributed by atoms with E-state index >= 15 is 0 Å². The van der Waals surface area contributed by atoms with Crippen molar-refractivity contribution in [1.29, 1.82) is 0 Å². The lowest BCUT2D eigenvalue weighted by atomic mass is 10.3. The van der Waals surface area contributed by atoms with E-state index in [1.165, 1.54) is 6.92 Å². The number of carbonyl (C=O) groups is 1. The fourth-order valence-corrected chi connectivity index (χ4v) is 1.03. The number of esters is 1. The first-order valence-electron chi connectivity index (χ1n) is 4.32. The summed E-state index contributed by atoms with van der Waals surface area (Å²) in [5.41, 5.74) is 0.227. The summed E-state index contributed by atoms with van der Waals surface area (Å²) in [5.74, 6) is -0.601. The summed E-state index contributed by atoms with van der Waals surface area (Å²) in [6.07, 6.45) is -0.277. The zero-order chi connectivity index (χ0) is 12.1. The molecule has 0 aromatic rings. The van der Waals surface area contributed by atoms with Crippen molar-refractivity contribution >= 4 is 13.8 Å². The Labute approximate surface area is 88.1 Å². The van der Waals surface area contributed by atoms with Crippen molar-refractivity contribution in [3.8, 4) is 0 Å². The van der Waals surface area contributed by atoms with Crippen LogP contribution in [0.5, 0.6) is 0 Å². The molecule has 1 unspecified atom stereocenters. The molecule has 0 saturated carbocycles. The van der Waals surface area contributed by atoms with Crippen LogP contribution in [-0.4, -0.2) is 28.5 Å². The smallest absolute Gasteiger partial charge is 0.457 e. The molecule has 0 aromatic carbocycles. The van der Waals surface area contributed by atoms with E-state index in [-0.39, 0.29) is 12.2 Å². The maximum Gasteiger partial charge on any atom is 0.469 e. The molecule has 0 radical (unpaired) electrons. The number of phosphoric acid groups is 1. The third-order valence-corrected chi connectivity index (χ3v) is 1.99. The fraction of sp³-hybridized carbons (Fsp3) is 0.625. The second-order valence-corrected chi connectivity index (χ2v) is 4.24. The van der Waals surface area contributed by atoms with Gasteiger partial charge in [0, 0.05) is 5.57 Å². The van der Waals surface area contributed by atoms with Gasteiger partial charge in [-0.1, -0.05) is 13.5 Å². The Bertz CT molecular complexity index is 281. The maximum atomic E-state index is 11.1. The Morgan fingerprint density at radius 3 is 2.40 bits per heavy atom. The van der Waals surface area contributed by atoms with Gasteiger partial charge in [-0.3, -0.25) is 4.52 Å². The third kappa shape index (κ3) is 7.27. The lowest BCUT2D eigenvalue weighted by Crippen LogP contribution is -2.22. The van der Waals surface area contributed by atoms with Gasteiger partial charge in [-0.05, 0) is 13.3 Å². The molecule has 6 nitrogen and oxygen atoms in total. The van der Waals surface area contributed by atoms with Gasteiger partial charge in [0.2, 0.25) is 0 Å². The average Bonchev–Trinajstić information content (AvgIpc) is 2.10. The predicted molar refractivity (Wildman–Crippen MR) is 53.0 cm³/mol. The Kier molecular flexibility index (Phi) is 5.75. The molecule has 0 amide bonds. The first-order chi connectivity index (χ1) is 6.76. The molecule has 0 bridgehead atoms. The van der Waals surface area contributed by atoms with Crippen molar-refractivity contribution in [3.63, 3.8) is 0 Å². The van der Waals surface area contributed by atoms with Gasteiger partial charge in [0.15, 0.2) is 0 Å². The molecule has 0 rings (SSSR count). The van der Waals surface area contributed by atoms with Gasteiger partial charge in [0.25, 0.3) is 0 Å². The summed E-state index contributed by atoms with van der Waals surface area (Å²) in [7, 11) is -4.51. The zero-order valence-corrected chi connectivity index (χ0v) is 9.57. The van der Waals surface area contributed by atoms with E-state index in [0.29, 0.717) is 6.42 Å². The van der Waals surface area contributed by atoms with Crippen molar-refractivity contribution in [2.45, 2.75) is 26.4 Å². The normalized spacial score (nSPS) is 13.3. The fourth-order valence-electron chi connectivity index (χ4n) is 0.667. The molecule has 1 atom stereocenters. The second kappa shape index (κ2) is 6.02. The highest BCUT2D eigenvalue weighted by atomic mass is 31.2. The van der Waals surface area contributed by atoms with E-state index < -0.39 is 19.9 Å². The number of hydrogen-bond donors (Lipinski definition) is 2. The quantitative estimate of drug-likeness (QED) is 0.407. The lowest BCUT2D eigenvalue weighted by molar-refractivity contribution is -0.146. The highest BCUT2D eigenvalue weighted by molar-refractivity contribution is 7.46. The highest BCUT2D eigenvalue weighted by Gasteiger charge is 2.19. The third-order valence-electron chi connectivity index (χ3n) is 1.51. The van der Waals surface area contributed by atoms with Crippen LogP contribution in [0.15, 0.2) is 12.2 Å². The van der Waals surface area contributed by atoms with Gasteiger partial charge in [0.05, 0.1) is 6.61 Å². The van der Waals surface area contributed by atoms with Gasteiger partial charge in [-0.2, -0.15) is 0 Å². The minimum Gasteiger partial charge on any atom is -0.457 e. The number of phosphoric ester groups is 1. The van der Waals surface area contributed by atoms with Crippen LogP contribution >= 0.6 is 7.82 Å². The second-order valence-electron chi connectivity index (χ2n) is 3.00. The van der Waals surface area contributed by atoms with Crippen LogP contribution in [0.2, 0.25) is 0 Å². The van der Waals surface area contributed by atoms with E-state index in [4.69, 9.17) is 14.5 Å². The van der Waals surface area contributed by atoms with Gasteiger partial charge in [-0.25, -0.2) is 9.36 Å². The molecular formula is C8H15O6P. The van der Waals surface area contributed by atoms with Gasteiger partial charge >= 0.3 is 13.8 Å². The highest BCUT2D eigenvalue weighted by Crippen LogP contribution is 2.36. The van der Waals surface area contributed by atoms with Crippen molar-refractivity contribution < 1.29 is 28.4 Å².